The molecule has 0 atom stereocenters. The van der Waals surface area contributed by atoms with Crippen molar-refractivity contribution in [1.29, 1.82) is 0 Å². The molecule has 4 heterocycles. The minimum atomic E-state index is 0.481. The third kappa shape index (κ3) is 3.80. The van der Waals surface area contributed by atoms with Crippen molar-refractivity contribution in [3.05, 3.63) is 34.1 Å². The molecule has 4 rings (SSSR count). The van der Waals surface area contributed by atoms with Gasteiger partial charge in [-0.15, -0.1) is 16.4 Å². The molecule has 30 heavy (non-hydrogen) atoms. The van der Waals surface area contributed by atoms with Gasteiger partial charge in [-0.05, 0) is 48.7 Å². The lowest BCUT2D eigenvalue weighted by atomic mass is 9.94. The van der Waals surface area contributed by atoms with Crippen molar-refractivity contribution in [3.8, 4) is 21.3 Å². The molecule has 0 N–H and O–H groups in total. The second kappa shape index (κ2) is 8.55. The average Bonchev–Trinajstić information content (AvgIpc) is 3.37. The van der Waals surface area contributed by atoms with E-state index >= 15 is 0 Å². The number of thiazole rings is 1. The Hall–Kier alpha value is -2.13. The number of aromatic nitrogens is 7. The molecule has 0 bridgehead atoms. The van der Waals surface area contributed by atoms with Crippen LogP contribution in [0, 0.1) is 13.8 Å². The highest BCUT2D eigenvalue weighted by Crippen LogP contribution is 2.41. The Morgan fingerprint density at radius 2 is 1.83 bits per heavy atom. The summed E-state index contributed by atoms with van der Waals surface area (Å²) < 4.78 is 4.51. The maximum Gasteiger partial charge on any atom is 0.210 e. The minimum absolute atomic E-state index is 0.481. The predicted octanol–water partition coefficient (Wildman–Crippen LogP) is 5.71. The summed E-state index contributed by atoms with van der Waals surface area (Å²) in [7, 11) is 1.85. The Balaban J connectivity index is 1.89. The lowest BCUT2D eigenvalue weighted by Crippen LogP contribution is -2.08. The van der Waals surface area contributed by atoms with Gasteiger partial charge in [-0.3, -0.25) is 4.68 Å². The van der Waals surface area contributed by atoms with E-state index in [9.17, 15) is 0 Å². The van der Waals surface area contributed by atoms with Gasteiger partial charge in [0.2, 0.25) is 5.82 Å². The van der Waals surface area contributed by atoms with Crippen molar-refractivity contribution < 1.29 is 0 Å². The molecule has 9 heteroatoms. The molecule has 0 aliphatic carbocycles. The van der Waals surface area contributed by atoms with Gasteiger partial charge in [0.1, 0.15) is 10.9 Å². The fraction of sp³-hybridized carbons (Fsp3) is 0.476. The van der Waals surface area contributed by atoms with Crippen LogP contribution >= 0.6 is 27.3 Å². The first kappa shape index (κ1) is 21.1. The monoisotopic (exact) mass is 487 g/mol. The van der Waals surface area contributed by atoms with E-state index in [0.717, 1.165) is 62.8 Å². The van der Waals surface area contributed by atoms with Crippen LogP contribution in [0.2, 0.25) is 0 Å². The van der Waals surface area contributed by atoms with Gasteiger partial charge in [0.05, 0.1) is 16.1 Å². The number of hydrogen-bond acceptors (Lipinski definition) is 6. The van der Waals surface area contributed by atoms with Crippen molar-refractivity contribution in [2.45, 2.75) is 59.3 Å². The molecule has 4 aromatic rings. The number of nitrogens with zero attached hydrogens (tertiary/aromatic N) is 7. The Bertz CT molecular complexity index is 1180. The van der Waals surface area contributed by atoms with Crippen molar-refractivity contribution in [2.75, 3.05) is 0 Å². The minimum Gasteiger partial charge on any atom is -0.255 e. The quantitative estimate of drug-likeness (QED) is 0.333. The smallest absolute Gasteiger partial charge is 0.210 e. The summed E-state index contributed by atoms with van der Waals surface area (Å²) in [5.41, 5.74) is 5.14. The highest BCUT2D eigenvalue weighted by atomic mass is 79.9. The standard InChI is InChI=1S/C21H26BrN7S/c1-6-8-14(9-7-2)15-10-12(3)24-20-16(13(4)26-29(15)20)17-18(22)25-21(30-17)19-23-11-28(5)27-19/h10-11,14H,6-9H2,1-5H3. The molecule has 0 radical (unpaired) electrons. The van der Waals surface area contributed by atoms with Crippen LogP contribution in [0.4, 0.5) is 0 Å². The zero-order valence-electron chi connectivity index (χ0n) is 18.0. The van der Waals surface area contributed by atoms with Crippen LogP contribution in [-0.4, -0.2) is 34.3 Å². The lowest BCUT2D eigenvalue weighted by molar-refractivity contribution is 0.533. The van der Waals surface area contributed by atoms with Crippen LogP contribution in [0.25, 0.3) is 26.9 Å². The fourth-order valence-electron chi connectivity index (χ4n) is 3.96. The van der Waals surface area contributed by atoms with Crippen LogP contribution in [-0.2, 0) is 7.05 Å². The second-order valence-corrected chi connectivity index (χ2v) is 9.42. The van der Waals surface area contributed by atoms with Gasteiger partial charge >= 0.3 is 0 Å². The van der Waals surface area contributed by atoms with Crippen molar-refractivity contribution in [2.24, 2.45) is 7.05 Å². The number of rotatable bonds is 7. The first-order valence-electron chi connectivity index (χ1n) is 10.3. The van der Waals surface area contributed by atoms with E-state index in [1.807, 2.05) is 14.0 Å². The third-order valence-corrected chi connectivity index (χ3v) is 7.12. The van der Waals surface area contributed by atoms with E-state index in [1.54, 1.807) is 22.3 Å². The molecule has 0 fully saturated rings. The van der Waals surface area contributed by atoms with Gasteiger partial charge in [0, 0.05) is 24.4 Å². The number of aryl methyl sites for hydroxylation is 3. The third-order valence-electron chi connectivity index (χ3n) is 5.22. The van der Waals surface area contributed by atoms with E-state index in [0.29, 0.717) is 11.7 Å². The molecule has 0 unspecified atom stereocenters. The molecule has 0 spiro atoms. The number of hydrogen-bond donors (Lipinski definition) is 0. The van der Waals surface area contributed by atoms with E-state index < -0.39 is 0 Å². The van der Waals surface area contributed by atoms with Gasteiger partial charge in [-0.1, -0.05) is 26.7 Å². The summed E-state index contributed by atoms with van der Waals surface area (Å²) in [6, 6.07) is 2.20. The largest absolute Gasteiger partial charge is 0.255 e. The molecule has 0 amide bonds. The van der Waals surface area contributed by atoms with Gasteiger partial charge in [-0.25, -0.2) is 19.5 Å². The van der Waals surface area contributed by atoms with E-state index in [-0.39, 0.29) is 0 Å². The zero-order valence-corrected chi connectivity index (χ0v) is 20.4. The van der Waals surface area contributed by atoms with E-state index in [4.69, 9.17) is 10.1 Å². The topological polar surface area (TPSA) is 73.8 Å². The van der Waals surface area contributed by atoms with Crippen molar-refractivity contribution in [3.63, 3.8) is 0 Å². The van der Waals surface area contributed by atoms with Crippen molar-refractivity contribution in [1.82, 2.24) is 34.3 Å². The van der Waals surface area contributed by atoms with E-state index in [2.05, 4.69) is 62.3 Å². The summed E-state index contributed by atoms with van der Waals surface area (Å²) in [6.45, 7) is 8.60. The maximum absolute atomic E-state index is 4.92. The molecule has 158 valence electrons. The summed E-state index contributed by atoms with van der Waals surface area (Å²) in [5, 5.41) is 10.1. The first-order chi connectivity index (χ1) is 14.4. The first-order valence-corrected chi connectivity index (χ1v) is 11.9. The molecule has 7 nitrogen and oxygen atoms in total. The fourth-order valence-corrected chi connectivity index (χ4v) is 5.68. The molecule has 0 saturated heterocycles. The van der Waals surface area contributed by atoms with E-state index in [1.165, 1.54) is 5.69 Å². The van der Waals surface area contributed by atoms with Crippen LogP contribution in [0.15, 0.2) is 17.0 Å². The molecule has 0 aliphatic heterocycles. The number of halogens is 1. The van der Waals surface area contributed by atoms with Gasteiger partial charge < -0.3 is 0 Å². The molecule has 4 aromatic heterocycles. The summed E-state index contributed by atoms with van der Waals surface area (Å²) in [4.78, 5) is 14.9. The Morgan fingerprint density at radius 1 is 1.10 bits per heavy atom. The Labute approximate surface area is 188 Å². The van der Waals surface area contributed by atoms with Crippen molar-refractivity contribution >= 4 is 32.9 Å². The van der Waals surface area contributed by atoms with Gasteiger partial charge in [0.15, 0.2) is 10.7 Å². The van der Waals surface area contributed by atoms with Crippen LogP contribution in [0.5, 0.6) is 0 Å². The van der Waals surface area contributed by atoms with Crippen LogP contribution in [0.3, 0.4) is 0 Å². The van der Waals surface area contributed by atoms with Crippen LogP contribution in [0.1, 0.15) is 62.5 Å². The zero-order chi connectivity index (χ0) is 21.4. The number of fused-ring (bicyclic) bond motifs is 1. The highest BCUT2D eigenvalue weighted by Gasteiger charge is 2.24. The van der Waals surface area contributed by atoms with Gasteiger partial charge in [0.25, 0.3) is 0 Å². The molecule has 0 aromatic carbocycles. The van der Waals surface area contributed by atoms with Gasteiger partial charge in [-0.2, -0.15) is 5.10 Å². The Kier molecular flexibility index (Phi) is 6.02. The second-order valence-electron chi connectivity index (χ2n) is 7.67. The SMILES string of the molecule is CCCC(CCC)c1cc(C)nc2c(-c3sc(-c4ncn(C)n4)nc3Br)c(C)nn12. The maximum atomic E-state index is 4.92. The highest BCUT2D eigenvalue weighted by molar-refractivity contribution is 9.10. The molecular weight excluding hydrogens is 462 g/mol. The molecule has 0 aliphatic rings. The Morgan fingerprint density at radius 3 is 2.47 bits per heavy atom. The predicted molar refractivity (Wildman–Crippen MR) is 124 cm³/mol. The average molecular weight is 488 g/mol. The van der Waals surface area contributed by atoms with Crippen LogP contribution < -0.4 is 0 Å². The lowest BCUT2D eigenvalue weighted by Gasteiger charge is -2.17. The summed E-state index contributed by atoms with van der Waals surface area (Å²) in [5.74, 6) is 1.11. The summed E-state index contributed by atoms with van der Waals surface area (Å²) >= 11 is 5.21. The molecular formula is C21H26BrN7S. The normalized spacial score (nSPS) is 11.8. The summed E-state index contributed by atoms with van der Waals surface area (Å²) in [6.07, 6.45) is 6.30. The molecule has 0 saturated carbocycles.